The summed E-state index contributed by atoms with van der Waals surface area (Å²) in [6, 6.07) is 4.86. The third-order valence-corrected chi connectivity index (χ3v) is 5.82. The van der Waals surface area contributed by atoms with E-state index in [4.69, 9.17) is 14.2 Å². The van der Waals surface area contributed by atoms with Crippen LogP contribution in [0.25, 0.3) is 0 Å². The van der Waals surface area contributed by atoms with E-state index < -0.39 is 0 Å². The number of piperidine rings is 1. The van der Waals surface area contributed by atoms with Gasteiger partial charge in [0.15, 0.2) is 11.5 Å². The van der Waals surface area contributed by atoms with E-state index in [1.165, 1.54) is 34.4 Å². The summed E-state index contributed by atoms with van der Waals surface area (Å²) < 4.78 is 18.7. The Morgan fingerprint density at radius 3 is 2.12 bits per heavy atom. The van der Waals surface area contributed by atoms with Gasteiger partial charge in [0.05, 0.1) is 21.3 Å². The van der Waals surface area contributed by atoms with Gasteiger partial charge in [0.2, 0.25) is 11.7 Å². The van der Waals surface area contributed by atoms with Crippen LogP contribution < -0.4 is 35.7 Å². The van der Waals surface area contributed by atoms with Crippen molar-refractivity contribution in [3.63, 3.8) is 0 Å². The number of carbonyl (C=O) groups excluding carboxylic acids is 1. The molecule has 1 aliphatic rings. The molecule has 1 aliphatic heterocycles. The summed E-state index contributed by atoms with van der Waals surface area (Å²) in [5, 5.41) is 2.93. The topological polar surface area (TPSA) is 104 Å². The number of carbonyl (C=O) groups is 1. The maximum atomic E-state index is 12.9. The lowest BCUT2D eigenvalue weighted by atomic mass is 9.95. The van der Waals surface area contributed by atoms with Gasteiger partial charge in [0.1, 0.15) is 5.82 Å². The SMILES string of the molecule is CCn1c(N2CCC(C(=O)Nc3cc(OC)c(OC)c(OC)c3)CC2)cc(=O)n(C)c1=O. The lowest BCUT2D eigenvalue weighted by molar-refractivity contribution is -0.120. The van der Waals surface area contributed by atoms with Gasteiger partial charge in [-0.25, -0.2) is 4.79 Å². The first-order valence-electron chi connectivity index (χ1n) is 10.5. The maximum absolute atomic E-state index is 12.9. The summed E-state index contributed by atoms with van der Waals surface area (Å²) in [5.41, 5.74) is -0.118. The molecule has 2 heterocycles. The van der Waals surface area contributed by atoms with Crippen molar-refractivity contribution in [2.75, 3.05) is 44.6 Å². The minimum Gasteiger partial charge on any atom is -0.493 e. The molecule has 32 heavy (non-hydrogen) atoms. The molecule has 0 spiro atoms. The van der Waals surface area contributed by atoms with Crippen molar-refractivity contribution >= 4 is 17.4 Å². The van der Waals surface area contributed by atoms with Crippen LogP contribution in [-0.4, -0.2) is 49.5 Å². The van der Waals surface area contributed by atoms with Gasteiger partial charge in [-0.3, -0.25) is 18.7 Å². The second-order valence-corrected chi connectivity index (χ2v) is 7.59. The fourth-order valence-electron chi connectivity index (χ4n) is 3.99. The van der Waals surface area contributed by atoms with Crippen LogP contribution in [-0.2, 0) is 18.4 Å². The summed E-state index contributed by atoms with van der Waals surface area (Å²) in [5.74, 6) is 1.68. The fraction of sp³-hybridized carbons (Fsp3) is 0.500. The number of hydrogen-bond acceptors (Lipinski definition) is 7. The molecule has 0 aliphatic carbocycles. The monoisotopic (exact) mass is 446 g/mol. The highest BCUT2D eigenvalue weighted by Gasteiger charge is 2.27. The van der Waals surface area contributed by atoms with Gasteiger partial charge in [0.25, 0.3) is 5.56 Å². The fourth-order valence-corrected chi connectivity index (χ4v) is 3.99. The first kappa shape index (κ1) is 23.2. The molecular weight excluding hydrogens is 416 g/mol. The molecule has 0 bridgehead atoms. The second-order valence-electron chi connectivity index (χ2n) is 7.59. The molecule has 0 atom stereocenters. The Balaban J connectivity index is 1.72. The average Bonchev–Trinajstić information content (AvgIpc) is 2.81. The molecule has 1 saturated heterocycles. The zero-order valence-corrected chi connectivity index (χ0v) is 19.1. The van der Waals surface area contributed by atoms with E-state index in [1.807, 2.05) is 11.8 Å². The highest BCUT2D eigenvalue weighted by atomic mass is 16.5. The molecular formula is C22H30N4O6. The molecule has 10 nitrogen and oxygen atoms in total. The van der Waals surface area contributed by atoms with Crippen LogP contribution in [0.4, 0.5) is 11.5 Å². The Labute approximate surface area is 186 Å². The number of amides is 1. The van der Waals surface area contributed by atoms with Gasteiger partial charge < -0.3 is 24.4 Å². The molecule has 1 amide bonds. The number of nitrogens with zero attached hydrogens (tertiary/aromatic N) is 3. The van der Waals surface area contributed by atoms with E-state index in [1.54, 1.807) is 16.7 Å². The van der Waals surface area contributed by atoms with Gasteiger partial charge in [0, 0.05) is 56.5 Å². The third kappa shape index (κ3) is 4.44. The molecule has 3 rings (SSSR count). The number of nitrogens with one attached hydrogen (secondary N) is 1. The van der Waals surface area contributed by atoms with E-state index in [-0.39, 0.29) is 23.1 Å². The summed E-state index contributed by atoms with van der Waals surface area (Å²) in [4.78, 5) is 39.4. The zero-order valence-electron chi connectivity index (χ0n) is 19.1. The second kappa shape index (κ2) is 9.80. The van der Waals surface area contributed by atoms with Gasteiger partial charge in [-0.2, -0.15) is 0 Å². The maximum Gasteiger partial charge on any atom is 0.332 e. The third-order valence-electron chi connectivity index (χ3n) is 5.82. The van der Waals surface area contributed by atoms with E-state index in [9.17, 15) is 14.4 Å². The van der Waals surface area contributed by atoms with Crippen LogP contribution in [0.2, 0.25) is 0 Å². The van der Waals surface area contributed by atoms with Crippen LogP contribution >= 0.6 is 0 Å². The Hall–Kier alpha value is -3.43. The largest absolute Gasteiger partial charge is 0.493 e. The van der Waals surface area contributed by atoms with Crippen molar-refractivity contribution in [2.45, 2.75) is 26.3 Å². The number of hydrogen-bond donors (Lipinski definition) is 1. The first-order valence-corrected chi connectivity index (χ1v) is 10.5. The van der Waals surface area contributed by atoms with E-state index in [0.717, 1.165) is 4.57 Å². The molecule has 1 aromatic heterocycles. The van der Waals surface area contributed by atoms with Crippen molar-refractivity contribution in [1.29, 1.82) is 0 Å². The average molecular weight is 447 g/mol. The van der Waals surface area contributed by atoms with Crippen LogP contribution in [0, 0.1) is 5.92 Å². The number of benzene rings is 1. The smallest absolute Gasteiger partial charge is 0.332 e. The number of aromatic nitrogens is 2. The standard InChI is InChI=1S/C22H30N4O6/c1-6-26-18(13-19(27)24(2)22(26)29)25-9-7-14(8-10-25)21(28)23-15-11-16(30-3)20(32-5)17(12-15)31-4/h11-14H,6-10H2,1-5H3,(H,23,28). The van der Waals surface area contributed by atoms with Gasteiger partial charge in [-0.05, 0) is 19.8 Å². The zero-order chi connectivity index (χ0) is 23.4. The van der Waals surface area contributed by atoms with Gasteiger partial charge in [-0.1, -0.05) is 0 Å². The van der Waals surface area contributed by atoms with Crippen LogP contribution in [0.15, 0.2) is 27.8 Å². The summed E-state index contributed by atoms with van der Waals surface area (Å²) in [6.45, 7) is 3.47. The molecule has 2 aromatic rings. The van der Waals surface area contributed by atoms with Crippen molar-refractivity contribution in [1.82, 2.24) is 9.13 Å². The Bertz CT molecular complexity index is 1070. The molecule has 174 valence electrons. The van der Waals surface area contributed by atoms with Crippen molar-refractivity contribution in [3.05, 3.63) is 39.0 Å². The molecule has 10 heteroatoms. The lowest BCUT2D eigenvalue weighted by Gasteiger charge is -2.34. The summed E-state index contributed by atoms with van der Waals surface area (Å²) >= 11 is 0. The number of ether oxygens (including phenoxy) is 3. The molecule has 1 aromatic carbocycles. The van der Waals surface area contributed by atoms with E-state index in [0.29, 0.717) is 61.2 Å². The predicted octanol–water partition coefficient (Wildman–Crippen LogP) is 1.45. The van der Waals surface area contributed by atoms with Gasteiger partial charge in [-0.15, -0.1) is 0 Å². The minimum atomic E-state index is -0.336. The van der Waals surface area contributed by atoms with Crippen LogP contribution in [0.3, 0.4) is 0 Å². The number of rotatable bonds is 7. The van der Waals surface area contributed by atoms with Gasteiger partial charge >= 0.3 is 5.69 Å². The Morgan fingerprint density at radius 2 is 1.62 bits per heavy atom. The Kier molecular flexibility index (Phi) is 7.12. The van der Waals surface area contributed by atoms with Crippen molar-refractivity contribution < 1.29 is 19.0 Å². The Morgan fingerprint density at radius 1 is 1.03 bits per heavy atom. The van der Waals surface area contributed by atoms with E-state index in [2.05, 4.69) is 5.32 Å². The van der Waals surface area contributed by atoms with Crippen LogP contribution in [0.1, 0.15) is 19.8 Å². The minimum absolute atomic E-state index is 0.101. The highest BCUT2D eigenvalue weighted by Crippen LogP contribution is 2.40. The number of anilines is 2. The van der Waals surface area contributed by atoms with Crippen molar-refractivity contribution in [2.24, 2.45) is 13.0 Å². The number of methoxy groups -OCH3 is 3. The first-order chi connectivity index (χ1) is 15.3. The quantitative estimate of drug-likeness (QED) is 0.686. The van der Waals surface area contributed by atoms with Crippen LogP contribution in [0.5, 0.6) is 17.2 Å². The molecule has 0 radical (unpaired) electrons. The molecule has 1 N–H and O–H groups in total. The normalized spacial score (nSPS) is 14.2. The predicted molar refractivity (Wildman–Crippen MR) is 121 cm³/mol. The summed E-state index contributed by atoms with van der Waals surface area (Å²) in [6.07, 6.45) is 1.20. The van der Waals surface area contributed by atoms with E-state index >= 15 is 0 Å². The molecule has 0 unspecified atom stereocenters. The summed E-state index contributed by atoms with van der Waals surface area (Å²) in [7, 11) is 6.03. The van der Waals surface area contributed by atoms with Crippen molar-refractivity contribution in [3.8, 4) is 17.2 Å². The molecule has 1 fully saturated rings. The highest BCUT2D eigenvalue weighted by molar-refractivity contribution is 5.93. The molecule has 0 saturated carbocycles. The lowest BCUT2D eigenvalue weighted by Crippen LogP contribution is -2.44.